The van der Waals surface area contributed by atoms with Crippen molar-refractivity contribution in [2.45, 2.75) is 13.0 Å². The summed E-state index contributed by atoms with van der Waals surface area (Å²) in [6, 6.07) is 13.5. The number of nitrogens with zero attached hydrogens (tertiary/aromatic N) is 2. The molecule has 0 bridgehead atoms. The van der Waals surface area contributed by atoms with Gasteiger partial charge in [0.1, 0.15) is 0 Å². The molecule has 0 aliphatic carbocycles. The Bertz CT molecular complexity index is 973. The average molecular weight is 351 g/mol. The maximum Gasteiger partial charge on any atom is 0.338 e. The standard InChI is InChI=1S/C18H13N3O3S/c1-11(17(22)21-14-5-2-12(9-19)3-6-14)24-18(23)13-4-7-15-16(8-13)25-10-20-15/h2-8,10-11H,1H3,(H,21,22). The van der Waals surface area contributed by atoms with Gasteiger partial charge >= 0.3 is 5.97 Å². The van der Waals surface area contributed by atoms with Gasteiger partial charge in [-0.25, -0.2) is 9.78 Å². The maximum absolute atomic E-state index is 12.2. The number of carbonyl (C=O) groups excluding carboxylic acids is 2. The summed E-state index contributed by atoms with van der Waals surface area (Å²) >= 11 is 1.43. The van der Waals surface area contributed by atoms with Crippen LogP contribution >= 0.6 is 11.3 Å². The molecule has 2 aromatic carbocycles. The third kappa shape index (κ3) is 3.82. The number of aromatic nitrogens is 1. The fourth-order valence-electron chi connectivity index (χ4n) is 2.14. The molecule has 0 fully saturated rings. The number of fused-ring (bicyclic) bond motifs is 1. The van der Waals surface area contributed by atoms with Crippen LogP contribution in [0.4, 0.5) is 5.69 Å². The minimum atomic E-state index is -0.958. The van der Waals surface area contributed by atoms with E-state index in [0.717, 1.165) is 10.2 Å². The number of nitriles is 1. The third-order valence-electron chi connectivity index (χ3n) is 3.50. The molecule has 6 nitrogen and oxygen atoms in total. The Morgan fingerprint density at radius 3 is 2.72 bits per heavy atom. The molecule has 0 saturated carbocycles. The van der Waals surface area contributed by atoms with Crippen LogP contribution in [0.2, 0.25) is 0 Å². The minimum absolute atomic E-state index is 0.370. The number of hydrogen-bond donors (Lipinski definition) is 1. The van der Waals surface area contributed by atoms with Gasteiger partial charge in [0.05, 0.1) is 32.9 Å². The number of esters is 1. The van der Waals surface area contributed by atoms with Crippen molar-refractivity contribution in [2.24, 2.45) is 0 Å². The number of nitrogens with one attached hydrogen (secondary N) is 1. The number of carbonyl (C=O) groups is 2. The van der Waals surface area contributed by atoms with E-state index >= 15 is 0 Å². The number of hydrogen-bond acceptors (Lipinski definition) is 6. The van der Waals surface area contributed by atoms with E-state index in [2.05, 4.69) is 10.3 Å². The second-order valence-corrected chi connectivity index (χ2v) is 6.15. The van der Waals surface area contributed by atoms with Crippen molar-refractivity contribution in [2.75, 3.05) is 5.32 Å². The Hall–Kier alpha value is -3.24. The first-order valence-corrected chi connectivity index (χ1v) is 8.30. The van der Waals surface area contributed by atoms with Crippen LogP contribution in [0, 0.1) is 11.3 Å². The summed E-state index contributed by atoms with van der Waals surface area (Å²) in [6.07, 6.45) is -0.958. The lowest BCUT2D eigenvalue weighted by molar-refractivity contribution is -0.123. The predicted molar refractivity (Wildman–Crippen MR) is 94.3 cm³/mol. The molecule has 3 aromatic rings. The van der Waals surface area contributed by atoms with E-state index in [1.54, 1.807) is 48.0 Å². The second kappa shape index (κ2) is 7.11. The fourth-order valence-corrected chi connectivity index (χ4v) is 2.85. The number of ether oxygens (including phenoxy) is 1. The highest BCUT2D eigenvalue weighted by molar-refractivity contribution is 7.16. The van der Waals surface area contributed by atoms with Crippen LogP contribution < -0.4 is 5.32 Å². The Morgan fingerprint density at radius 1 is 1.24 bits per heavy atom. The van der Waals surface area contributed by atoms with Crippen molar-refractivity contribution in [3.8, 4) is 6.07 Å². The Kier molecular flexibility index (Phi) is 4.73. The number of rotatable bonds is 4. The number of benzene rings is 2. The highest BCUT2D eigenvalue weighted by atomic mass is 32.1. The van der Waals surface area contributed by atoms with E-state index in [0.29, 0.717) is 16.8 Å². The second-order valence-electron chi connectivity index (χ2n) is 5.26. The van der Waals surface area contributed by atoms with Crippen LogP contribution in [0.15, 0.2) is 48.0 Å². The lowest BCUT2D eigenvalue weighted by Crippen LogP contribution is -2.30. The summed E-state index contributed by atoms with van der Waals surface area (Å²) in [4.78, 5) is 28.5. The van der Waals surface area contributed by atoms with Crippen LogP contribution in [0.3, 0.4) is 0 Å². The Balaban J connectivity index is 1.63. The molecule has 1 heterocycles. The lowest BCUT2D eigenvalue weighted by atomic mass is 10.2. The fraction of sp³-hybridized carbons (Fsp3) is 0.111. The molecular formula is C18H13N3O3S. The zero-order valence-corrected chi connectivity index (χ0v) is 14.0. The molecule has 7 heteroatoms. The Labute approximate surface area is 147 Å². The summed E-state index contributed by atoms with van der Waals surface area (Å²) in [5.41, 5.74) is 3.91. The Morgan fingerprint density at radius 2 is 2.00 bits per heavy atom. The molecule has 0 saturated heterocycles. The molecule has 1 N–H and O–H groups in total. The van der Waals surface area contributed by atoms with Crippen molar-refractivity contribution < 1.29 is 14.3 Å². The first-order chi connectivity index (χ1) is 12.1. The molecule has 0 aliphatic heterocycles. The van der Waals surface area contributed by atoms with Gasteiger partial charge in [0.15, 0.2) is 6.10 Å². The van der Waals surface area contributed by atoms with E-state index in [4.69, 9.17) is 10.00 Å². The molecule has 0 spiro atoms. The van der Waals surface area contributed by atoms with Crippen molar-refractivity contribution >= 4 is 39.1 Å². The minimum Gasteiger partial charge on any atom is -0.449 e. The summed E-state index contributed by atoms with van der Waals surface area (Å²) in [5, 5.41) is 11.4. The summed E-state index contributed by atoms with van der Waals surface area (Å²) < 4.78 is 6.10. The topological polar surface area (TPSA) is 92.1 Å². The van der Waals surface area contributed by atoms with Gasteiger partial charge in [0, 0.05) is 5.69 Å². The van der Waals surface area contributed by atoms with Gasteiger partial charge in [-0.1, -0.05) is 0 Å². The van der Waals surface area contributed by atoms with Crippen molar-refractivity contribution in [1.29, 1.82) is 5.26 Å². The monoisotopic (exact) mass is 351 g/mol. The average Bonchev–Trinajstić information content (AvgIpc) is 3.09. The van der Waals surface area contributed by atoms with Gasteiger partial charge in [-0.2, -0.15) is 5.26 Å². The van der Waals surface area contributed by atoms with Crippen LogP contribution in [0.5, 0.6) is 0 Å². The predicted octanol–water partition coefficient (Wildman–Crippen LogP) is 3.35. The molecule has 124 valence electrons. The van der Waals surface area contributed by atoms with Gasteiger partial charge < -0.3 is 10.1 Å². The largest absolute Gasteiger partial charge is 0.449 e. The van der Waals surface area contributed by atoms with Gasteiger partial charge in [-0.3, -0.25) is 4.79 Å². The van der Waals surface area contributed by atoms with Gasteiger partial charge in [0.25, 0.3) is 5.91 Å². The highest BCUT2D eigenvalue weighted by Crippen LogP contribution is 2.20. The number of thiazole rings is 1. The van der Waals surface area contributed by atoms with E-state index < -0.39 is 18.0 Å². The maximum atomic E-state index is 12.2. The lowest BCUT2D eigenvalue weighted by Gasteiger charge is -2.13. The van der Waals surface area contributed by atoms with Gasteiger partial charge in [-0.05, 0) is 49.4 Å². The zero-order valence-electron chi connectivity index (χ0n) is 13.2. The molecule has 0 aliphatic rings. The number of anilines is 1. The van der Waals surface area contributed by atoms with Crippen LogP contribution in [-0.4, -0.2) is 23.0 Å². The normalized spacial score (nSPS) is 11.5. The summed E-state index contributed by atoms with van der Waals surface area (Å²) in [7, 11) is 0. The van der Waals surface area contributed by atoms with E-state index in [1.165, 1.54) is 18.3 Å². The summed E-state index contributed by atoms with van der Waals surface area (Å²) in [6.45, 7) is 1.50. The van der Waals surface area contributed by atoms with Crippen molar-refractivity contribution in [1.82, 2.24) is 4.98 Å². The molecule has 1 unspecified atom stereocenters. The first-order valence-electron chi connectivity index (χ1n) is 7.42. The first kappa shape index (κ1) is 16.6. The van der Waals surface area contributed by atoms with Gasteiger partial charge in [0.2, 0.25) is 0 Å². The van der Waals surface area contributed by atoms with Crippen LogP contribution in [0.25, 0.3) is 10.2 Å². The van der Waals surface area contributed by atoms with E-state index in [9.17, 15) is 9.59 Å². The molecule has 1 aromatic heterocycles. The smallest absolute Gasteiger partial charge is 0.338 e. The van der Waals surface area contributed by atoms with E-state index in [1.807, 2.05) is 6.07 Å². The summed E-state index contributed by atoms with van der Waals surface area (Å²) in [5.74, 6) is -1.02. The van der Waals surface area contributed by atoms with Gasteiger partial charge in [-0.15, -0.1) is 11.3 Å². The molecule has 1 amide bonds. The molecular weight excluding hydrogens is 338 g/mol. The van der Waals surface area contributed by atoms with Crippen LogP contribution in [-0.2, 0) is 9.53 Å². The van der Waals surface area contributed by atoms with E-state index in [-0.39, 0.29) is 0 Å². The van der Waals surface area contributed by atoms with Crippen molar-refractivity contribution in [3.63, 3.8) is 0 Å². The molecule has 1 atom stereocenters. The molecule has 3 rings (SSSR count). The van der Waals surface area contributed by atoms with Crippen molar-refractivity contribution in [3.05, 3.63) is 59.1 Å². The zero-order chi connectivity index (χ0) is 17.8. The third-order valence-corrected chi connectivity index (χ3v) is 4.29. The molecule has 0 radical (unpaired) electrons. The SMILES string of the molecule is CC(OC(=O)c1ccc2ncsc2c1)C(=O)Nc1ccc(C#N)cc1. The van der Waals surface area contributed by atoms with Crippen LogP contribution in [0.1, 0.15) is 22.8 Å². The highest BCUT2D eigenvalue weighted by Gasteiger charge is 2.19. The number of amides is 1. The quantitative estimate of drug-likeness (QED) is 0.728. The molecule has 25 heavy (non-hydrogen) atoms.